The van der Waals surface area contributed by atoms with Crippen LogP contribution in [0, 0.1) is 0 Å². The van der Waals surface area contributed by atoms with Crippen molar-refractivity contribution in [3.8, 4) is 0 Å². The van der Waals surface area contributed by atoms with Gasteiger partial charge in [0.05, 0.1) is 10.9 Å². The van der Waals surface area contributed by atoms with Gasteiger partial charge in [0.25, 0.3) is 0 Å². The molecule has 5 nitrogen and oxygen atoms in total. The predicted octanol–water partition coefficient (Wildman–Crippen LogP) is 2.65. The number of hydrogen-bond donors (Lipinski definition) is 2. The second-order valence-corrected chi connectivity index (χ2v) is 6.81. The Balaban J connectivity index is 2.05. The zero-order chi connectivity index (χ0) is 16.2. The molecule has 0 heterocycles. The van der Waals surface area contributed by atoms with Crippen molar-refractivity contribution in [1.29, 1.82) is 0 Å². The first-order chi connectivity index (χ1) is 10.4. The van der Waals surface area contributed by atoms with Crippen molar-refractivity contribution in [2.75, 3.05) is 5.32 Å². The van der Waals surface area contributed by atoms with Crippen LogP contribution in [0.3, 0.4) is 0 Å². The predicted molar refractivity (Wildman–Crippen MR) is 86.3 cm³/mol. The third-order valence-corrected chi connectivity index (χ3v) is 4.66. The van der Waals surface area contributed by atoms with E-state index in [1.54, 1.807) is 42.5 Å². The molecule has 0 saturated heterocycles. The molecule has 0 spiro atoms. The molecule has 1 atom stereocenters. The van der Waals surface area contributed by atoms with Crippen LogP contribution in [-0.4, -0.2) is 20.4 Å². The van der Waals surface area contributed by atoms with Crippen LogP contribution < -0.4 is 10.0 Å². The molecule has 0 bridgehead atoms. The Hall–Kier alpha value is -1.89. The summed E-state index contributed by atoms with van der Waals surface area (Å²) >= 11 is 5.83. The first-order valence-corrected chi connectivity index (χ1v) is 8.38. The Bertz CT molecular complexity index is 763. The van der Waals surface area contributed by atoms with Crippen molar-refractivity contribution in [3.05, 3.63) is 59.6 Å². The number of rotatable bonds is 5. The Morgan fingerprint density at radius 2 is 1.77 bits per heavy atom. The maximum absolute atomic E-state index is 12.1. The number of nitrogens with one attached hydrogen (secondary N) is 2. The zero-order valence-corrected chi connectivity index (χ0v) is 13.4. The molecule has 116 valence electrons. The normalized spacial score (nSPS) is 12.6. The van der Waals surface area contributed by atoms with Gasteiger partial charge in [-0.25, -0.2) is 8.42 Å². The molecule has 2 aromatic rings. The third kappa shape index (κ3) is 4.30. The van der Waals surface area contributed by atoms with E-state index in [9.17, 15) is 13.2 Å². The van der Waals surface area contributed by atoms with E-state index >= 15 is 0 Å². The minimum Gasteiger partial charge on any atom is -0.325 e. The topological polar surface area (TPSA) is 75.3 Å². The highest BCUT2D eigenvalue weighted by Crippen LogP contribution is 2.15. The van der Waals surface area contributed by atoms with Gasteiger partial charge in [0.1, 0.15) is 0 Å². The number of sulfonamides is 1. The average molecular weight is 339 g/mol. The molecule has 2 aromatic carbocycles. The van der Waals surface area contributed by atoms with Crippen molar-refractivity contribution >= 4 is 33.2 Å². The summed E-state index contributed by atoms with van der Waals surface area (Å²) in [4.78, 5) is 12.2. The second-order valence-electron chi connectivity index (χ2n) is 4.66. The van der Waals surface area contributed by atoms with Crippen LogP contribution in [0.15, 0.2) is 59.5 Å². The number of amides is 1. The zero-order valence-electron chi connectivity index (χ0n) is 11.8. The van der Waals surface area contributed by atoms with E-state index in [4.69, 9.17) is 11.6 Å². The Kier molecular flexibility index (Phi) is 5.18. The lowest BCUT2D eigenvalue weighted by atomic mass is 10.3. The molecular formula is C15H15ClN2O3S. The summed E-state index contributed by atoms with van der Waals surface area (Å²) in [6.07, 6.45) is 0. The average Bonchev–Trinajstić information content (AvgIpc) is 2.47. The number of anilines is 1. The van der Waals surface area contributed by atoms with Gasteiger partial charge in [-0.2, -0.15) is 4.72 Å². The molecule has 0 aliphatic heterocycles. The van der Waals surface area contributed by atoms with E-state index in [2.05, 4.69) is 10.0 Å². The number of carbonyl (C=O) groups excluding carboxylic acids is 1. The van der Waals surface area contributed by atoms with Crippen LogP contribution in [0.5, 0.6) is 0 Å². The number of carbonyl (C=O) groups is 1. The molecule has 0 radical (unpaired) electrons. The molecule has 0 fully saturated rings. The highest BCUT2D eigenvalue weighted by molar-refractivity contribution is 7.89. The fourth-order valence-electron chi connectivity index (χ4n) is 1.77. The Morgan fingerprint density at radius 3 is 2.41 bits per heavy atom. The van der Waals surface area contributed by atoms with Crippen molar-refractivity contribution in [2.45, 2.75) is 17.9 Å². The van der Waals surface area contributed by atoms with E-state index in [-0.39, 0.29) is 4.90 Å². The van der Waals surface area contributed by atoms with Crippen molar-refractivity contribution in [2.24, 2.45) is 0 Å². The fourth-order valence-corrected chi connectivity index (χ4v) is 3.18. The second kappa shape index (κ2) is 6.91. The molecule has 0 aromatic heterocycles. The van der Waals surface area contributed by atoms with E-state index in [0.717, 1.165) is 0 Å². The molecule has 7 heteroatoms. The smallest absolute Gasteiger partial charge is 0.242 e. The molecule has 0 unspecified atom stereocenters. The quantitative estimate of drug-likeness (QED) is 0.880. The van der Waals surface area contributed by atoms with Gasteiger partial charge < -0.3 is 5.32 Å². The van der Waals surface area contributed by atoms with Gasteiger partial charge >= 0.3 is 0 Å². The number of halogens is 1. The lowest BCUT2D eigenvalue weighted by Gasteiger charge is -2.14. The monoisotopic (exact) mass is 338 g/mol. The summed E-state index contributed by atoms with van der Waals surface area (Å²) in [5, 5.41) is 3.09. The number of hydrogen-bond acceptors (Lipinski definition) is 3. The summed E-state index contributed by atoms with van der Waals surface area (Å²) in [6.45, 7) is 1.47. The first kappa shape index (κ1) is 16.5. The maximum atomic E-state index is 12.1. The summed E-state index contributed by atoms with van der Waals surface area (Å²) in [5.41, 5.74) is 0.503. The van der Waals surface area contributed by atoms with Gasteiger partial charge in [-0.05, 0) is 37.3 Å². The summed E-state index contributed by atoms with van der Waals surface area (Å²) in [7, 11) is -3.74. The summed E-state index contributed by atoms with van der Waals surface area (Å²) in [6, 6.07) is 13.6. The minimum atomic E-state index is -3.74. The number of benzene rings is 2. The SMILES string of the molecule is C[C@@H](NS(=O)(=O)c1ccccc1)C(=O)Nc1cccc(Cl)c1. The largest absolute Gasteiger partial charge is 0.325 e. The molecule has 0 aliphatic rings. The van der Waals surface area contributed by atoms with Gasteiger partial charge in [0, 0.05) is 10.7 Å². The Morgan fingerprint density at radius 1 is 1.09 bits per heavy atom. The van der Waals surface area contributed by atoms with Gasteiger partial charge in [-0.3, -0.25) is 4.79 Å². The van der Waals surface area contributed by atoms with Crippen molar-refractivity contribution in [3.63, 3.8) is 0 Å². The Labute approximate surface area is 134 Å². The highest BCUT2D eigenvalue weighted by Gasteiger charge is 2.21. The summed E-state index contributed by atoms with van der Waals surface area (Å²) < 4.78 is 26.6. The minimum absolute atomic E-state index is 0.109. The van der Waals surface area contributed by atoms with Crippen molar-refractivity contribution < 1.29 is 13.2 Å². The van der Waals surface area contributed by atoms with Gasteiger partial charge in [-0.15, -0.1) is 0 Å². The van der Waals surface area contributed by atoms with E-state index in [1.165, 1.54) is 19.1 Å². The van der Waals surface area contributed by atoms with Crippen LogP contribution in [0.1, 0.15) is 6.92 Å². The summed E-state index contributed by atoms with van der Waals surface area (Å²) in [5.74, 6) is -0.471. The molecule has 2 N–H and O–H groups in total. The first-order valence-electron chi connectivity index (χ1n) is 6.52. The van der Waals surface area contributed by atoms with E-state index in [1.807, 2.05) is 0 Å². The molecule has 0 saturated carbocycles. The van der Waals surface area contributed by atoms with Gasteiger partial charge in [0.2, 0.25) is 15.9 Å². The van der Waals surface area contributed by atoms with Crippen LogP contribution in [0.4, 0.5) is 5.69 Å². The van der Waals surface area contributed by atoms with Crippen LogP contribution in [0.25, 0.3) is 0 Å². The van der Waals surface area contributed by atoms with Gasteiger partial charge in [0.15, 0.2) is 0 Å². The standard InChI is InChI=1S/C15H15ClN2O3S/c1-11(15(19)17-13-7-5-6-12(16)10-13)18-22(20,21)14-8-3-2-4-9-14/h2-11,18H,1H3,(H,17,19)/t11-/m1/s1. The van der Waals surface area contributed by atoms with Crippen LogP contribution >= 0.6 is 11.6 Å². The molecule has 1 amide bonds. The lowest BCUT2D eigenvalue weighted by molar-refractivity contribution is -0.117. The highest BCUT2D eigenvalue weighted by atomic mass is 35.5. The molecule has 0 aliphatic carbocycles. The lowest BCUT2D eigenvalue weighted by Crippen LogP contribution is -2.41. The molecule has 2 rings (SSSR count). The fraction of sp³-hybridized carbons (Fsp3) is 0.133. The molecule has 22 heavy (non-hydrogen) atoms. The molecular weight excluding hydrogens is 324 g/mol. The van der Waals surface area contributed by atoms with E-state index < -0.39 is 22.0 Å². The van der Waals surface area contributed by atoms with E-state index in [0.29, 0.717) is 10.7 Å². The van der Waals surface area contributed by atoms with Gasteiger partial charge in [-0.1, -0.05) is 35.9 Å². The van der Waals surface area contributed by atoms with Crippen LogP contribution in [0.2, 0.25) is 5.02 Å². The van der Waals surface area contributed by atoms with Crippen molar-refractivity contribution in [1.82, 2.24) is 4.72 Å². The van der Waals surface area contributed by atoms with Crippen LogP contribution in [-0.2, 0) is 14.8 Å². The maximum Gasteiger partial charge on any atom is 0.242 e. The third-order valence-electron chi connectivity index (χ3n) is 2.87.